The van der Waals surface area contributed by atoms with Gasteiger partial charge in [-0.25, -0.2) is 4.79 Å². The average molecular weight is 322 g/mol. The van der Waals surface area contributed by atoms with E-state index in [4.69, 9.17) is 11.6 Å². The number of benzene rings is 1. The number of rotatable bonds is 4. The van der Waals surface area contributed by atoms with E-state index in [-0.39, 0.29) is 24.0 Å². The summed E-state index contributed by atoms with van der Waals surface area (Å²) in [5, 5.41) is 9.01. The average Bonchev–Trinajstić information content (AvgIpc) is 3.14. The predicted octanol–water partition coefficient (Wildman–Crippen LogP) is 3.30. The van der Waals surface area contributed by atoms with E-state index < -0.39 is 0 Å². The molecule has 0 bridgehead atoms. The Morgan fingerprint density at radius 1 is 1.00 bits per heavy atom. The quantitative estimate of drug-likeness (QED) is 0.796. The van der Waals surface area contributed by atoms with Gasteiger partial charge in [0.05, 0.1) is 10.6 Å². The van der Waals surface area contributed by atoms with Crippen LogP contribution in [0.5, 0.6) is 0 Å². The van der Waals surface area contributed by atoms with Crippen LogP contribution in [0, 0.1) is 0 Å². The van der Waals surface area contributed by atoms with Crippen LogP contribution in [0.1, 0.15) is 48.9 Å². The lowest BCUT2D eigenvalue weighted by Crippen LogP contribution is -2.36. The van der Waals surface area contributed by atoms with Crippen molar-refractivity contribution in [2.24, 2.45) is 0 Å². The molecular weight excluding hydrogens is 302 g/mol. The van der Waals surface area contributed by atoms with Crippen LogP contribution in [0.25, 0.3) is 0 Å². The Morgan fingerprint density at radius 2 is 1.68 bits per heavy atom. The van der Waals surface area contributed by atoms with Crippen molar-refractivity contribution in [3.63, 3.8) is 0 Å². The third-order valence-corrected chi connectivity index (χ3v) is 4.40. The summed E-state index contributed by atoms with van der Waals surface area (Å²) in [6, 6.07) is 5.24. The van der Waals surface area contributed by atoms with Crippen molar-refractivity contribution in [3.05, 3.63) is 28.8 Å². The molecule has 2 aliphatic rings. The van der Waals surface area contributed by atoms with E-state index in [1.54, 1.807) is 18.2 Å². The van der Waals surface area contributed by atoms with Crippen LogP contribution in [0.2, 0.25) is 5.02 Å². The van der Waals surface area contributed by atoms with Crippen molar-refractivity contribution < 1.29 is 9.59 Å². The highest BCUT2D eigenvalue weighted by Crippen LogP contribution is 2.24. The SMILES string of the molecule is O=C(Nc1ccc(Cl)c(C(=O)NC2CC2)c1)NC1CCCC1. The zero-order valence-electron chi connectivity index (χ0n) is 12.3. The molecule has 1 aromatic rings. The molecule has 0 saturated heterocycles. The highest BCUT2D eigenvalue weighted by molar-refractivity contribution is 6.34. The Kier molecular flexibility index (Phi) is 4.52. The number of amides is 3. The first-order valence-corrected chi connectivity index (χ1v) is 8.17. The Hall–Kier alpha value is -1.75. The number of anilines is 1. The van der Waals surface area contributed by atoms with Gasteiger partial charge in [0.2, 0.25) is 0 Å². The van der Waals surface area contributed by atoms with Crippen molar-refractivity contribution >= 4 is 29.2 Å². The lowest BCUT2D eigenvalue weighted by atomic mass is 10.2. The lowest BCUT2D eigenvalue weighted by Gasteiger charge is -2.14. The van der Waals surface area contributed by atoms with Gasteiger partial charge >= 0.3 is 6.03 Å². The van der Waals surface area contributed by atoms with Gasteiger partial charge in [0.15, 0.2) is 0 Å². The summed E-state index contributed by atoms with van der Waals surface area (Å²) in [7, 11) is 0. The molecular formula is C16H20ClN3O2. The summed E-state index contributed by atoms with van der Waals surface area (Å²) in [5.41, 5.74) is 0.966. The van der Waals surface area contributed by atoms with Gasteiger partial charge in [0.25, 0.3) is 5.91 Å². The molecule has 3 amide bonds. The third-order valence-electron chi connectivity index (χ3n) is 4.07. The molecule has 118 valence electrons. The number of carbonyl (C=O) groups excluding carboxylic acids is 2. The fourth-order valence-corrected chi connectivity index (χ4v) is 2.89. The van der Waals surface area contributed by atoms with Crippen molar-refractivity contribution in [1.29, 1.82) is 0 Å². The molecule has 1 aromatic carbocycles. The number of carbonyl (C=O) groups is 2. The summed E-state index contributed by atoms with van der Waals surface area (Å²) in [6.45, 7) is 0. The van der Waals surface area contributed by atoms with E-state index in [1.807, 2.05) is 0 Å². The molecule has 0 atom stereocenters. The highest BCUT2D eigenvalue weighted by atomic mass is 35.5. The standard InChI is InChI=1S/C16H20ClN3O2/c17-14-8-7-12(9-13(14)15(21)18-11-5-6-11)20-16(22)19-10-3-1-2-4-10/h7-11H,1-6H2,(H,18,21)(H2,19,20,22). The normalized spacial score (nSPS) is 18.0. The van der Waals surface area contributed by atoms with E-state index in [9.17, 15) is 9.59 Å². The molecule has 0 aliphatic heterocycles. The molecule has 0 heterocycles. The van der Waals surface area contributed by atoms with Crippen LogP contribution in [0.4, 0.5) is 10.5 Å². The molecule has 6 heteroatoms. The molecule has 0 spiro atoms. The fraction of sp³-hybridized carbons (Fsp3) is 0.500. The second-order valence-electron chi connectivity index (χ2n) is 6.02. The first-order valence-electron chi connectivity index (χ1n) is 7.80. The number of hydrogen-bond donors (Lipinski definition) is 3. The van der Waals surface area contributed by atoms with Gasteiger partial charge in [0, 0.05) is 17.8 Å². The smallest absolute Gasteiger partial charge is 0.319 e. The van der Waals surface area contributed by atoms with E-state index in [1.165, 1.54) is 0 Å². The van der Waals surface area contributed by atoms with Crippen LogP contribution in [-0.4, -0.2) is 24.0 Å². The van der Waals surface area contributed by atoms with Crippen molar-refractivity contribution in [3.8, 4) is 0 Å². The van der Waals surface area contributed by atoms with Gasteiger partial charge in [-0.3, -0.25) is 4.79 Å². The molecule has 0 radical (unpaired) electrons. The Morgan fingerprint density at radius 3 is 2.36 bits per heavy atom. The van der Waals surface area contributed by atoms with Crippen molar-refractivity contribution in [2.75, 3.05) is 5.32 Å². The molecule has 5 nitrogen and oxygen atoms in total. The molecule has 0 aromatic heterocycles. The van der Waals surface area contributed by atoms with E-state index in [0.29, 0.717) is 16.3 Å². The summed E-state index contributed by atoms with van der Waals surface area (Å²) >= 11 is 6.08. The summed E-state index contributed by atoms with van der Waals surface area (Å²) < 4.78 is 0. The van der Waals surface area contributed by atoms with E-state index >= 15 is 0 Å². The number of halogens is 1. The Labute approximate surface area is 134 Å². The van der Waals surface area contributed by atoms with Gasteiger partial charge < -0.3 is 16.0 Å². The van der Waals surface area contributed by atoms with Gasteiger partial charge in [-0.1, -0.05) is 24.4 Å². The fourth-order valence-electron chi connectivity index (χ4n) is 2.69. The largest absolute Gasteiger partial charge is 0.349 e. The summed E-state index contributed by atoms with van der Waals surface area (Å²) in [6.07, 6.45) is 6.43. The zero-order chi connectivity index (χ0) is 15.5. The number of urea groups is 1. The number of nitrogens with one attached hydrogen (secondary N) is 3. The molecule has 3 N–H and O–H groups in total. The van der Waals surface area contributed by atoms with Crippen LogP contribution in [0.3, 0.4) is 0 Å². The molecule has 0 unspecified atom stereocenters. The topological polar surface area (TPSA) is 70.2 Å². The maximum Gasteiger partial charge on any atom is 0.319 e. The van der Waals surface area contributed by atoms with Crippen LogP contribution >= 0.6 is 11.6 Å². The monoisotopic (exact) mass is 321 g/mol. The van der Waals surface area contributed by atoms with Crippen LogP contribution in [-0.2, 0) is 0 Å². The minimum Gasteiger partial charge on any atom is -0.349 e. The van der Waals surface area contributed by atoms with Crippen molar-refractivity contribution in [1.82, 2.24) is 10.6 Å². The number of hydrogen-bond acceptors (Lipinski definition) is 2. The second kappa shape index (κ2) is 6.57. The third kappa shape index (κ3) is 3.91. The Bertz CT molecular complexity index is 581. The molecule has 2 fully saturated rings. The van der Waals surface area contributed by atoms with Gasteiger partial charge in [-0.05, 0) is 43.9 Å². The van der Waals surface area contributed by atoms with E-state index in [0.717, 1.165) is 38.5 Å². The maximum atomic E-state index is 12.1. The first kappa shape index (κ1) is 15.2. The second-order valence-corrected chi connectivity index (χ2v) is 6.43. The first-order chi connectivity index (χ1) is 10.6. The lowest BCUT2D eigenvalue weighted by molar-refractivity contribution is 0.0951. The van der Waals surface area contributed by atoms with Gasteiger partial charge in [-0.2, -0.15) is 0 Å². The highest BCUT2D eigenvalue weighted by Gasteiger charge is 2.25. The van der Waals surface area contributed by atoms with Crippen LogP contribution in [0.15, 0.2) is 18.2 Å². The maximum absolute atomic E-state index is 12.1. The molecule has 3 rings (SSSR count). The van der Waals surface area contributed by atoms with Crippen molar-refractivity contribution in [2.45, 2.75) is 50.6 Å². The Balaban J connectivity index is 1.62. The van der Waals surface area contributed by atoms with Crippen LogP contribution < -0.4 is 16.0 Å². The summed E-state index contributed by atoms with van der Waals surface area (Å²) in [5.74, 6) is -0.188. The predicted molar refractivity (Wildman–Crippen MR) is 86.4 cm³/mol. The summed E-state index contributed by atoms with van der Waals surface area (Å²) in [4.78, 5) is 24.1. The van der Waals surface area contributed by atoms with Gasteiger partial charge in [0.1, 0.15) is 0 Å². The van der Waals surface area contributed by atoms with Gasteiger partial charge in [-0.15, -0.1) is 0 Å². The molecule has 2 aliphatic carbocycles. The zero-order valence-corrected chi connectivity index (χ0v) is 13.1. The minimum absolute atomic E-state index is 0.188. The molecule has 22 heavy (non-hydrogen) atoms. The minimum atomic E-state index is -0.234. The molecule has 2 saturated carbocycles. The van der Waals surface area contributed by atoms with E-state index in [2.05, 4.69) is 16.0 Å².